The molecule has 0 spiro atoms. The zero-order valence-electron chi connectivity index (χ0n) is 18.2. The standard InChI is InChI=1S/C25H22FN5O2/c1-15-16(3-5-20-21(15)14-33-24(20)32)6-8-31-9-7-23-18(13-31)12-28-25(30-23)29-19-4-2-17(11-27)22(26)10-19/h2-5,10,12H,6-9,13-14H2,1H3,(H,28,29,30). The zero-order valence-corrected chi connectivity index (χ0v) is 18.2. The van der Waals surface area contributed by atoms with Crippen LogP contribution in [0, 0.1) is 24.1 Å². The fourth-order valence-electron chi connectivity index (χ4n) is 4.39. The molecular formula is C25H22FN5O2. The molecule has 0 amide bonds. The van der Waals surface area contributed by atoms with Crippen LogP contribution in [0.2, 0.25) is 0 Å². The van der Waals surface area contributed by atoms with Gasteiger partial charge in [-0.05, 0) is 48.7 Å². The lowest BCUT2D eigenvalue weighted by Crippen LogP contribution is -2.33. The Hall–Kier alpha value is -3.83. The molecule has 0 saturated heterocycles. The molecule has 0 unspecified atom stereocenters. The summed E-state index contributed by atoms with van der Waals surface area (Å²) < 4.78 is 19.0. The molecule has 0 atom stereocenters. The molecule has 0 fully saturated rings. The Morgan fingerprint density at radius 2 is 2.18 bits per heavy atom. The van der Waals surface area contributed by atoms with E-state index in [1.165, 1.54) is 17.7 Å². The highest BCUT2D eigenvalue weighted by Gasteiger charge is 2.24. The molecule has 2 aliphatic heterocycles. The molecule has 3 heterocycles. The van der Waals surface area contributed by atoms with Crippen molar-refractivity contribution in [2.45, 2.75) is 32.9 Å². The van der Waals surface area contributed by atoms with E-state index in [1.54, 1.807) is 6.07 Å². The third-order valence-electron chi connectivity index (χ3n) is 6.33. The number of rotatable bonds is 5. The van der Waals surface area contributed by atoms with Gasteiger partial charge in [0, 0.05) is 49.1 Å². The molecule has 8 heteroatoms. The number of carbonyl (C=O) groups is 1. The molecule has 2 aliphatic rings. The van der Waals surface area contributed by atoms with E-state index in [4.69, 9.17) is 10.00 Å². The summed E-state index contributed by atoms with van der Waals surface area (Å²) in [6, 6.07) is 10.1. The van der Waals surface area contributed by atoms with Crippen molar-refractivity contribution in [1.29, 1.82) is 5.26 Å². The Balaban J connectivity index is 1.23. The van der Waals surface area contributed by atoms with Crippen LogP contribution in [0.3, 0.4) is 0 Å². The minimum atomic E-state index is -0.575. The van der Waals surface area contributed by atoms with Gasteiger partial charge in [0.1, 0.15) is 18.5 Å². The number of nitrogens with one attached hydrogen (secondary N) is 1. The second-order valence-electron chi connectivity index (χ2n) is 8.33. The van der Waals surface area contributed by atoms with E-state index in [1.807, 2.05) is 24.4 Å². The molecule has 166 valence electrons. The maximum Gasteiger partial charge on any atom is 0.338 e. The second kappa shape index (κ2) is 8.60. The number of ether oxygens (including phenoxy) is 1. The van der Waals surface area contributed by atoms with Gasteiger partial charge in [0.15, 0.2) is 0 Å². The van der Waals surface area contributed by atoms with Crippen molar-refractivity contribution in [3.63, 3.8) is 0 Å². The Morgan fingerprint density at radius 1 is 1.30 bits per heavy atom. The van der Waals surface area contributed by atoms with Gasteiger partial charge in [-0.25, -0.2) is 19.2 Å². The molecule has 0 radical (unpaired) electrons. The number of halogens is 1. The van der Waals surface area contributed by atoms with Crippen molar-refractivity contribution in [1.82, 2.24) is 14.9 Å². The maximum absolute atomic E-state index is 13.8. The van der Waals surface area contributed by atoms with Gasteiger partial charge < -0.3 is 10.1 Å². The van der Waals surface area contributed by atoms with E-state index < -0.39 is 5.82 Å². The third kappa shape index (κ3) is 4.15. The fourth-order valence-corrected chi connectivity index (χ4v) is 4.39. The lowest BCUT2D eigenvalue weighted by atomic mass is 9.96. The number of hydrogen-bond acceptors (Lipinski definition) is 7. The number of benzene rings is 2. The van der Waals surface area contributed by atoms with E-state index in [0.717, 1.165) is 54.9 Å². The van der Waals surface area contributed by atoms with Gasteiger partial charge in [-0.2, -0.15) is 5.26 Å². The summed E-state index contributed by atoms with van der Waals surface area (Å²) in [5.74, 6) is -0.392. The first kappa shape index (κ1) is 21.0. The van der Waals surface area contributed by atoms with Crippen molar-refractivity contribution in [2.24, 2.45) is 0 Å². The first-order valence-corrected chi connectivity index (χ1v) is 10.8. The van der Waals surface area contributed by atoms with Crippen molar-refractivity contribution >= 4 is 17.6 Å². The molecule has 0 aliphatic carbocycles. The summed E-state index contributed by atoms with van der Waals surface area (Å²) in [7, 11) is 0. The smallest absolute Gasteiger partial charge is 0.338 e. The Bertz CT molecular complexity index is 1300. The Morgan fingerprint density at radius 3 is 3.00 bits per heavy atom. The number of carbonyl (C=O) groups excluding carboxylic acids is 1. The minimum absolute atomic E-state index is 0.00362. The largest absolute Gasteiger partial charge is 0.457 e. The van der Waals surface area contributed by atoms with E-state index in [2.05, 4.69) is 27.1 Å². The van der Waals surface area contributed by atoms with Crippen LogP contribution in [0.5, 0.6) is 0 Å². The average Bonchev–Trinajstić information content (AvgIpc) is 3.20. The first-order chi connectivity index (χ1) is 16.0. The van der Waals surface area contributed by atoms with Crippen LogP contribution in [-0.4, -0.2) is 33.9 Å². The van der Waals surface area contributed by atoms with Crippen LogP contribution in [0.4, 0.5) is 16.0 Å². The van der Waals surface area contributed by atoms with Gasteiger partial charge in [0.2, 0.25) is 5.95 Å². The number of aromatic nitrogens is 2. The predicted octanol–water partition coefficient (Wildman–Crippen LogP) is 3.81. The number of nitriles is 1. The van der Waals surface area contributed by atoms with Crippen molar-refractivity contribution in [3.05, 3.63) is 81.4 Å². The molecule has 7 nitrogen and oxygen atoms in total. The van der Waals surface area contributed by atoms with Gasteiger partial charge in [0.05, 0.1) is 16.8 Å². The summed E-state index contributed by atoms with van der Waals surface area (Å²) in [5, 5.41) is 11.9. The molecule has 2 aromatic carbocycles. The maximum atomic E-state index is 13.8. The van der Waals surface area contributed by atoms with E-state index in [9.17, 15) is 9.18 Å². The number of anilines is 2. The van der Waals surface area contributed by atoms with Crippen molar-refractivity contribution < 1.29 is 13.9 Å². The fraction of sp³-hybridized carbons (Fsp3) is 0.280. The SMILES string of the molecule is Cc1c(CCN2CCc3nc(Nc4ccc(C#N)c(F)c4)ncc3C2)ccc2c1COC2=O. The van der Waals surface area contributed by atoms with Crippen LogP contribution in [-0.2, 0) is 30.7 Å². The molecule has 3 aromatic rings. The highest BCUT2D eigenvalue weighted by atomic mass is 19.1. The number of esters is 1. The molecule has 1 aromatic heterocycles. The van der Waals surface area contributed by atoms with Crippen LogP contribution >= 0.6 is 0 Å². The van der Waals surface area contributed by atoms with Crippen molar-refractivity contribution in [3.8, 4) is 6.07 Å². The molecule has 0 bridgehead atoms. The summed E-state index contributed by atoms with van der Waals surface area (Å²) in [4.78, 5) is 23.1. The second-order valence-corrected chi connectivity index (χ2v) is 8.33. The third-order valence-corrected chi connectivity index (χ3v) is 6.33. The summed E-state index contributed by atoms with van der Waals surface area (Å²) in [5.41, 5.74) is 6.66. The Labute approximate surface area is 190 Å². The average molecular weight is 443 g/mol. The van der Waals surface area contributed by atoms with Crippen molar-refractivity contribution in [2.75, 3.05) is 18.4 Å². The monoisotopic (exact) mass is 443 g/mol. The van der Waals surface area contributed by atoms with Gasteiger partial charge in [0.25, 0.3) is 0 Å². The topological polar surface area (TPSA) is 91.1 Å². The number of fused-ring (bicyclic) bond motifs is 2. The summed E-state index contributed by atoms with van der Waals surface area (Å²) in [6.45, 7) is 4.99. The molecule has 1 N–H and O–H groups in total. The van der Waals surface area contributed by atoms with E-state index in [-0.39, 0.29) is 11.5 Å². The highest BCUT2D eigenvalue weighted by molar-refractivity contribution is 5.93. The number of nitrogens with zero attached hydrogens (tertiary/aromatic N) is 4. The van der Waals surface area contributed by atoms with E-state index >= 15 is 0 Å². The van der Waals surface area contributed by atoms with Crippen LogP contribution in [0.25, 0.3) is 0 Å². The number of cyclic esters (lactones) is 1. The zero-order chi connectivity index (χ0) is 22.9. The lowest BCUT2D eigenvalue weighted by Gasteiger charge is -2.28. The number of hydrogen-bond donors (Lipinski definition) is 1. The molecular weight excluding hydrogens is 421 g/mol. The first-order valence-electron chi connectivity index (χ1n) is 10.8. The highest BCUT2D eigenvalue weighted by Crippen LogP contribution is 2.27. The molecule has 33 heavy (non-hydrogen) atoms. The quantitative estimate of drug-likeness (QED) is 0.600. The lowest BCUT2D eigenvalue weighted by molar-refractivity contribution is 0.0535. The Kier molecular flexibility index (Phi) is 5.48. The van der Waals surface area contributed by atoms with Gasteiger partial charge in [-0.1, -0.05) is 6.07 Å². The summed E-state index contributed by atoms with van der Waals surface area (Å²) >= 11 is 0. The van der Waals surface area contributed by atoms with Crippen LogP contribution < -0.4 is 5.32 Å². The predicted molar refractivity (Wildman–Crippen MR) is 119 cm³/mol. The van der Waals surface area contributed by atoms with Crippen LogP contribution in [0.1, 0.15) is 43.9 Å². The van der Waals surface area contributed by atoms with Gasteiger partial charge >= 0.3 is 5.97 Å². The molecule has 5 rings (SSSR count). The van der Waals surface area contributed by atoms with Gasteiger partial charge in [-0.3, -0.25) is 4.90 Å². The van der Waals surface area contributed by atoms with E-state index in [0.29, 0.717) is 23.8 Å². The summed E-state index contributed by atoms with van der Waals surface area (Å²) in [6.07, 6.45) is 3.52. The molecule has 0 saturated carbocycles. The van der Waals surface area contributed by atoms with Crippen LogP contribution in [0.15, 0.2) is 36.5 Å². The van der Waals surface area contributed by atoms with Gasteiger partial charge in [-0.15, -0.1) is 0 Å². The minimum Gasteiger partial charge on any atom is -0.457 e. The normalized spacial score (nSPS) is 14.9.